The number of imide groups is 1. The quantitative estimate of drug-likeness (QED) is 0.694. The van der Waals surface area contributed by atoms with E-state index in [1.54, 1.807) is 6.07 Å². The Hall–Kier alpha value is -3.56. The Kier molecular flexibility index (Phi) is 4.83. The first-order chi connectivity index (χ1) is 14.0. The summed E-state index contributed by atoms with van der Waals surface area (Å²) in [6.45, 7) is 2.35. The Bertz CT molecular complexity index is 1010. The van der Waals surface area contributed by atoms with Crippen molar-refractivity contribution in [1.82, 2.24) is 25.7 Å². The maximum atomic E-state index is 12.8. The molecular formula is C19H19N5O5. The summed E-state index contributed by atoms with van der Waals surface area (Å²) in [6, 6.07) is 4.67. The molecule has 1 atom stereocenters. The van der Waals surface area contributed by atoms with Crippen molar-refractivity contribution in [2.45, 2.75) is 45.3 Å². The maximum Gasteiger partial charge on any atom is 0.315 e. The first kappa shape index (κ1) is 18.8. The number of rotatable bonds is 5. The van der Waals surface area contributed by atoms with Gasteiger partial charge in [-0.2, -0.15) is 4.98 Å². The molecule has 3 heterocycles. The van der Waals surface area contributed by atoms with Crippen LogP contribution in [0, 0.1) is 0 Å². The fraction of sp³-hybridized carbons (Fsp3) is 0.368. The van der Waals surface area contributed by atoms with E-state index in [0.29, 0.717) is 30.8 Å². The van der Waals surface area contributed by atoms with Crippen LogP contribution in [0.5, 0.6) is 0 Å². The Morgan fingerprint density at radius 2 is 2.17 bits per heavy atom. The Labute approximate surface area is 165 Å². The fourth-order valence-electron chi connectivity index (χ4n) is 3.46. The van der Waals surface area contributed by atoms with Crippen LogP contribution in [-0.4, -0.2) is 44.7 Å². The van der Waals surface area contributed by atoms with E-state index in [2.05, 4.69) is 20.8 Å². The van der Waals surface area contributed by atoms with Crippen LogP contribution in [0.3, 0.4) is 0 Å². The molecule has 1 unspecified atom stereocenters. The zero-order valence-corrected chi connectivity index (χ0v) is 15.7. The molecule has 1 aromatic heterocycles. The summed E-state index contributed by atoms with van der Waals surface area (Å²) in [5.41, 5.74) is 2.03. The second kappa shape index (κ2) is 7.46. The fourth-order valence-corrected chi connectivity index (χ4v) is 3.46. The summed E-state index contributed by atoms with van der Waals surface area (Å²) in [7, 11) is 0. The third-order valence-corrected chi connectivity index (χ3v) is 5.02. The summed E-state index contributed by atoms with van der Waals surface area (Å²) >= 11 is 0. The zero-order chi connectivity index (χ0) is 20.5. The van der Waals surface area contributed by atoms with Crippen LogP contribution in [-0.2, 0) is 29.1 Å². The number of benzene rings is 1. The second-order valence-corrected chi connectivity index (χ2v) is 6.94. The molecule has 0 aliphatic carbocycles. The van der Waals surface area contributed by atoms with E-state index >= 15 is 0 Å². The van der Waals surface area contributed by atoms with E-state index in [9.17, 15) is 19.2 Å². The van der Waals surface area contributed by atoms with Crippen molar-refractivity contribution in [3.8, 4) is 0 Å². The summed E-state index contributed by atoms with van der Waals surface area (Å²) in [6.07, 6.45) is 1.09. The van der Waals surface area contributed by atoms with Gasteiger partial charge in [0.1, 0.15) is 6.04 Å². The molecule has 2 aliphatic rings. The smallest absolute Gasteiger partial charge is 0.315 e. The molecule has 2 N–H and O–H groups in total. The van der Waals surface area contributed by atoms with Crippen molar-refractivity contribution in [2.75, 3.05) is 0 Å². The lowest BCUT2D eigenvalue weighted by atomic mass is 10.0. The van der Waals surface area contributed by atoms with Gasteiger partial charge in [0.15, 0.2) is 5.82 Å². The third-order valence-electron chi connectivity index (χ3n) is 5.02. The van der Waals surface area contributed by atoms with E-state index in [1.165, 1.54) is 4.90 Å². The Morgan fingerprint density at radius 3 is 2.90 bits per heavy atom. The first-order valence-corrected chi connectivity index (χ1v) is 9.33. The SMILES string of the molecule is CCc1noc(C(=O)NCc2ccc3c(c2)C(=O)N(C2CCC(=O)NC2=O)C3)n1. The van der Waals surface area contributed by atoms with Crippen molar-refractivity contribution in [2.24, 2.45) is 0 Å². The van der Waals surface area contributed by atoms with Crippen molar-refractivity contribution in [1.29, 1.82) is 0 Å². The third kappa shape index (κ3) is 3.60. The number of piperidine rings is 1. The molecule has 29 heavy (non-hydrogen) atoms. The monoisotopic (exact) mass is 397 g/mol. The predicted octanol–water partition coefficient (Wildman–Crippen LogP) is 0.323. The molecule has 0 radical (unpaired) electrons. The number of hydrogen-bond donors (Lipinski definition) is 2. The van der Waals surface area contributed by atoms with Crippen molar-refractivity contribution in [3.63, 3.8) is 0 Å². The molecule has 0 spiro atoms. The van der Waals surface area contributed by atoms with Crippen molar-refractivity contribution in [3.05, 3.63) is 46.6 Å². The van der Waals surface area contributed by atoms with Gasteiger partial charge in [0, 0.05) is 31.5 Å². The number of nitrogens with one attached hydrogen (secondary N) is 2. The molecule has 1 fully saturated rings. The van der Waals surface area contributed by atoms with Crippen LogP contribution < -0.4 is 10.6 Å². The van der Waals surface area contributed by atoms with E-state index in [1.807, 2.05) is 19.1 Å². The van der Waals surface area contributed by atoms with E-state index in [4.69, 9.17) is 4.52 Å². The number of amides is 4. The van der Waals surface area contributed by atoms with Gasteiger partial charge in [0.2, 0.25) is 11.8 Å². The highest BCUT2D eigenvalue weighted by Gasteiger charge is 2.39. The minimum Gasteiger partial charge on any atom is -0.344 e. The minimum absolute atomic E-state index is 0.108. The maximum absolute atomic E-state index is 12.8. The van der Waals surface area contributed by atoms with Gasteiger partial charge in [-0.25, -0.2) is 0 Å². The van der Waals surface area contributed by atoms with Gasteiger partial charge < -0.3 is 14.7 Å². The van der Waals surface area contributed by atoms with E-state index < -0.39 is 17.9 Å². The molecular weight excluding hydrogens is 378 g/mol. The van der Waals surface area contributed by atoms with Gasteiger partial charge in [-0.3, -0.25) is 24.5 Å². The van der Waals surface area contributed by atoms with Gasteiger partial charge in [-0.15, -0.1) is 0 Å². The number of carbonyl (C=O) groups excluding carboxylic acids is 4. The summed E-state index contributed by atoms with van der Waals surface area (Å²) < 4.78 is 4.90. The van der Waals surface area contributed by atoms with Crippen LogP contribution in [0.2, 0.25) is 0 Å². The number of nitrogens with zero attached hydrogens (tertiary/aromatic N) is 3. The summed E-state index contributed by atoms with van der Waals surface area (Å²) in [4.78, 5) is 53.8. The highest BCUT2D eigenvalue weighted by atomic mass is 16.5. The average molecular weight is 397 g/mol. The first-order valence-electron chi connectivity index (χ1n) is 9.33. The van der Waals surface area contributed by atoms with Gasteiger partial charge in [0.25, 0.3) is 5.91 Å². The molecule has 10 heteroatoms. The van der Waals surface area contributed by atoms with Crippen LogP contribution in [0.1, 0.15) is 57.8 Å². The van der Waals surface area contributed by atoms with Crippen LogP contribution in [0.4, 0.5) is 0 Å². The van der Waals surface area contributed by atoms with Crippen LogP contribution in [0.25, 0.3) is 0 Å². The summed E-state index contributed by atoms with van der Waals surface area (Å²) in [5, 5.41) is 8.64. The minimum atomic E-state index is -0.652. The molecule has 10 nitrogen and oxygen atoms in total. The normalized spacial score (nSPS) is 18.6. The highest BCUT2D eigenvalue weighted by molar-refractivity contribution is 6.05. The lowest BCUT2D eigenvalue weighted by Crippen LogP contribution is -2.52. The van der Waals surface area contributed by atoms with Gasteiger partial charge in [-0.1, -0.05) is 24.2 Å². The lowest BCUT2D eigenvalue weighted by molar-refractivity contribution is -0.136. The Morgan fingerprint density at radius 1 is 1.34 bits per heavy atom. The second-order valence-electron chi connectivity index (χ2n) is 6.94. The summed E-state index contributed by atoms with van der Waals surface area (Å²) in [5.74, 6) is -1.17. The lowest BCUT2D eigenvalue weighted by Gasteiger charge is -2.29. The van der Waals surface area contributed by atoms with Crippen LogP contribution >= 0.6 is 0 Å². The number of hydrogen-bond acceptors (Lipinski definition) is 7. The van der Waals surface area contributed by atoms with Crippen LogP contribution in [0.15, 0.2) is 22.7 Å². The molecule has 2 aliphatic heterocycles. The topological polar surface area (TPSA) is 134 Å². The molecule has 0 saturated carbocycles. The molecule has 150 valence electrons. The largest absolute Gasteiger partial charge is 0.344 e. The molecule has 2 aromatic rings. The number of aryl methyl sites for hydroxylation is 1. The van der Waals surface area contributed by atoms with Gasteiger partial charge in [-0.05, 0) is 23.6 Å². The molecule has 1 aromatic carbocycles. The van der Waals surface area contributed by atoms with Gasteiger partial charge >= 0.3 is 11.8 Å². The van der Waals surface area contributed by atoms with E-state index in [-0.39, 0.29) is 30.7 Å². The predicted molar refractivity (Wildman–Crippen MR) is 97.3 cm³/mol. The molecule has 1 saturated heterocycles. The molecule has 4 amide bonds. The number of carbonyl (C=O) groups is 4. The van der Waals surface area contributed by atoms with Gasteiger partial charge in [0.05, 0.1) is 0 Å². The highest BCUT2D eigenvalue weighted by Crippen LogP contribution is 2.28. The zero-order valence-electron chi connectivity index (χ0n) is 15.7. The van der Waals surface area contributed by atoms with Crippen molar-refractivity contribution < 1.29 is 23.7 Å². The average Bonchev–Trinajstić information content (AvgIpc) is 3.31. The number of aromatic nitrogens is 2. The Balaban J connectivity index is 1.43. The standard InChI is InChI=1S/C19H19N5O5/c1-2-14-21-18(29-23-14)17(27)20-8-10-3-4-11-9-24(19(28)12(11)7-10)13-5-6-15(25)22-16(13)26/h3-4,7,13H,2,5-6,8-9H2,1H3,(H,20,27)(H,22,25,26). The van der Waals surface area contributed by atoms with E-state index in [0.717, 1.165) is 11.1 Å². The van der Waals surface area contributed by atoms with Crippen molar-refractivity contribution >= 4 is 23.6 Å². The molecule has 0 bridgehead atoms. The number of fused-ring (bicyclic) bond motifs is 1. The molecule has 4 rings (SSSR count).